The molecular formula is C9H9NO. The maximum Gasteiger partial charge on any atom is 0.117 e. The normalized spacial score (nSPS) is 10.6. The van der Waals surface area contributed by atoms with Gasteiger partial charge < -0.3 is 9.67 Å². The number of phenols is 1. The van der Waals surface area contributed by atoms with Crippen LogP contribution in [-0.2, 0) is 7.05 Å². The average molecular weight is 147 g/mol. The molecule has 0 spiro atoms. The third kappa shape index (κ3) is 0.871. The first-order valence-corrected chi connectivity index (χ1v) is 3.51. The van der Waals surface area contributed by atoms with E-state index in [2.05, 4.69) is 0 Å². The molecule has 0 atom stereocenters. The minimum Gasteiger partial charge on any atom is -0.508 e. The minimum atomic E-state index is 0.319. The van der Waals surface area contributed by atoms with E-state index in [9.17, 15) is 0 Å². The number of fused-ring (bicyclic) bond motifs is 1. The zero-order chi connectivity index (χ0) is 7.84. The molecule has 2 heteroatoms. The van der Waals surface area contributed by atoms with Crippen LogP contribution in [0.25, 0.3) is 10.9 Å². The highest BCUT2D eigenvalue weighted by molar-refractivity contribution is 5.81. The number of hydrogen-bond acceptors (Lipinski definition) is 1. The van der Waals surface area contributed by atoms with Crippen molar-refractivity contribution in [2.75, 3.05) is 0 Å². The van der Waals surface area contributed by atoms with Crippen LogP contribution in [0.3, 0.4) is 0 Å². The smallest absolute Gasteiger partial charge is 0.117 e. The minimum absolute atomic E-state index is 0.319. The molecule has 56 valence electrons. The van der Waals surface area contributed by atoms with E-state index in [4.69, 9.17) is 5.11 Å². The van der Waals surface area contributed by atoms with Gasteiger partial charge in [0, 0.05) is 19.3 Å². The van der Waals surface area contributed by atoms with Gasteiger partial charge in [-0.2, -0.15) is 0 Å². The lowest BCUT2D eigenvalue weighted by molar-refractivity contribution is 0.476. The molecule has 0 aliphatic rings. The van der Waals surface area contributed by atoms with Crippen LogP contribution in [0.4, 0.5) is 0 Å². The SMILES string of the molecule is Cn1ccc2ccc(O)cc21. The molecule has 0 aliphatic heterocycles. The first-order valence-electron chi connectivity index (χ1n) is 3.51. The zero-order valence-electron chi connectivity index (χ0n) is 6.28. The molecule has 1 heterocycles. The van der Waals surface area contributed by atoms with Crippen molar-refractivity contribution >= 4 is 10.9 Å². The van der Waals surface area contributed by atoms with Crippen LogP contribution in [0, 0.1) is 0 Å². The van der Waals surface area contributed by atoms with Crippen molar-refractivity contribution in [1.82, 2.24) is 4.57 Å². The Morgan fingerprint density at radius 1 is 1.27 bits per heavy atom. The molecule has 0 aliphatic carbocycles. The lowest BCUT2D eigenvalue weighted by Crippen LogP contribution is -1.82. The van der Waals surface area contributed by atoms with Gasteiger partial charge in [-0.15, -0.1) is 0 Å². The summed E-state index contributed by atoms with van der Waals surface area (Å²) in [4.78, 5) is 0. The average Bonchev–Trinajstić information content (AvgIpc) is 2.33. The summed E-state index contributed by atoms with van der Waals surface area (Å²) >= 11 is 0. The summed E-state index contributed by atoms with van der Waals surface area (Å²) in [6.07, 6.45) is 1.98. The summed E-state index contributed by atoms with van der Waals surface area (Å²) in [5.74, 6) is 0.319. The topological polar surface area (TPSA) is 25.2 Å². The van der Waals surface area contributed by atoms with E-state index >= 15 is 0 Å². The number of aryl methyl sites for hydroxylation is 1. The van der Waals surface area contributed by atoms with Crippen LogP contribution in [0.15, 0.2) is 30.5 Å². The molecule has 2 rings (SSSR count). The lowest BCUT2D eigenvalue weighted by atomic mass is 10.2. The van der Waals surface area contributed by atoms with E-state index in [1.807, 2.05) is 29.9 Å². The van der Waals surface area contributed by atoms with Gasteiger partial charge in [0.15, 0.2) is 0 Å². The molecule has 0 amide bonds. The fourth-order valence-corrected chi connectivity index (χ4v) is 1.25. The van der Waals surface area contributed by atoms with Gasteiger partial charge in [-0.25, -0.2) is 0 Å². The third-order valence-electron chi connectivity index (χ3n) is 1.87. The van der Waals surface area contributed by atoms with Crippen LogP contribution in [0.2, 0.25) is 0 Å². The van der Waals surface area contributed by atoms with Gasteiger partial charge in [0.1, 0.15) is 5.75 Å². The molecule has 0 saturated carbocycles. The van der Waals surface area contributed by atoms with Crippen molar-refractivity contribution in [3.05, 3.63) is 30.5 Å². The quantitative estimate of drug-likeness (QED) is 0.604. The van der Waals surface area contributed by atoms with Gasteiger partial charge in [0.2, 0.25) is 0 Å². The van der Waals surface area contributed by atoms with Crippen LogP contribution in [0.5, 0.6) is 5.75 Å². The largest absolute Gasteiger partial charge is 0.508 e. The molecule has 0 bridgehead atoms. The Labute approximate surface area is 64.7 Å². The van der Waals surface area contributed by atoms with Gasteiger partial charge in [-0.3, -0.25) is 0 Å². The van der Waals surface area contributed by atoms with Crippen molar-refractivity contribution in [3.63, 3.8) is 0 Å². The summed E-state index contributed by atoms with van der Waals surface area (Å²) < 4.78 is 1.98. The van der Waals surface area contributed by atoms with E-state index in [1.165, 1.54) is 0 Å². The predicted molar refractivity (Wildman–Crippen MR) is 44.6 cm³/mol. The highest BCUT2D eigenvalue weighted by Gasteiger charge is 1.96. The van der Waals surface area contributed by atoms with Crippen molar-refractivity contribution in [3.8, 4) is 5.75 Å². The number of nitrogens with zero attached hydrogens (tertiary/aromatic N) is 1. The van der Waals surface area contributed by atoms with Crippen LogP contribution >= 0.6 is 0 Å². The molecule has 0 unspecified atom stereocenters. The highest BCUT2D eigenvalue weighted by Crippen LogP contribution is 2.19. The Kier molecular flexibility index (Phi) is 1.15. The van der Waals surface area contributed by atoms with Gasteiger partial charge in [0.25, 0.3) is 0 Å². The Bertz CT molecular complexity index is 389. The number of phenolic OH excluding ortho intramolecular Hbond substituents is 1. The summed E-state index contributed by atoms with van der Waals surface area (Å²) in [5, 5.41) is 10.3. The van der Waals surface area contributed by atoms with Gasteiger partial charge in [-0.1, -0.05) is 0 Å². The summed E-state index contributed by atoms with van der Waals surface area (Å²) in [5.41, 5.74) is 1.06. The molecule has 2 aromatic rings. The van der Waals surface area contributed by atoms with Crippen molar-refractivity contribution in [2.45, 2.75) is 0 Å². The Morgan fingerprint density at radius 2 is 2.09 bits per heavy atom. The zero-order valence-corrected chi connectivity index (χ0v) is 6.28. The van der Waals surface area contributed by atoms with Gasteiger partial charge in [0.05, 0.1) is 5.52 Å². The fourth-order valence-electron chi connectivity index (χ4n) is 1.25. The van der Waals surface area contributed by atoms with Crippen LogP contribution in [0.1, 0.15) is 0 Å². The monoisotopic (exact) mass is 147 g/mol. The number of aromatic nitrogens is 1. The second-order valence-corrected chi connectivity index (χ2v) is 2.67. The first-order chi connectivity index (χ1) is 5.27. The van der Waals surface area contributed by atoms with Crippen molar-refractivity contribution < 1.29 is 5.11 Å². The molecule has 2 nitrogen and oxygen atoms in total. The number of hydrogen-bond donors (Lipinski definition) is 1. The molecule has 1 N–H and O–H groups in total. The molecule has 1 aromatic carbocycles. The lowest BCUT2D eigenvalue weighted by Gasteiger charge is -1.95. The molecule has 11 heavy (non-hydrogen) atoms. The van der Waals surface area contributed by atoms with E-state index in [-0.39, 0.29) is 0 Å². The van der Waals surface area contributed by atoms with Crippen molar-refractivity contribution in [1.29, 1.82) is 0 Å². The van der Waals surface area contributed by atoms with Gasteiger partial charge >= 0.3 is 0 Å². The molecule has 0 radical (unpaired) electrons. The standard InChI is InChI=1S/C9H9NO/c1-10-5-4-7-2-3-8(11)6-9(7)10/h2-6,11H,1H3. The Hall–Kier alpha value is -1.44. The van der Waals surface area contributed by atoms with Crippen LogP contribution < -0.4 is 0 Å². The predicted octanol–water partition coefficient (Wildman–Crippen LogP) is 1.88. The van der Waals surface area contributed by atoms with Crippen molar-refractivity contribution in [2.24, 2.45) is 7.05 Å². The first kappa shape index (κ1) is 6.28. The maximum absolute atomic E-state index is 9.16. The maximum atomic E-state index is 9.16. The number of rotatable bonds is 0. The van der Waals surface area contributed by atoms with Gasteiger partial charge in [-0.05, 0) is 23.6 Å². The van der Waals surface area contributed by atoms with E-state index in [0.29, 0.717) is 5.75 Å². The molecule has 0 fully saturated rings. The fraction of sp³-hybridized carbons (Fsp3) is 0.111. The van der Waals surface area contributed by atoms with Crippen LogP contribution in [-0.4, -0.2) is 9.67 Å². The summed E-state index contributed by atoms with van der Waals surface area (Å²) in [6, 6.07) is 7.39. The van der Waals surface area contributed by atoms with E-state index in [0.717, 1.165) is 10.9 Å². The Morgan fingerprint density at radius 3 is 2.91 bits per heavy atom. The second-order valence-electron chi connectivity index (χ2n) is 2.67. The number of aromatic hydroxyl groups is 1. The molecule has 0 saturated heterocycles. The molecule has 1 aromatic heterocycles. The summed E-state index contributed by atoms with van der Waals surface area (Å²) in [7, 11) is 1.96. The highest BCUT2D eigenvalue weighted by atomic mass is 16.3. The van der Waals surface area contributed by atoms with E-state index in [1.54, 1.807) is 12.1 Å². The molecular weight excluding hydrogens is 138 g/mol. The van der Waals surface area contributed by atoms with E-state index < -0.39 is 0 Å². The third-order valence-corrected chi connectivity index (χ3v) is 1.87. The Balaban J connectivity index is 2.87. The second kappa shape index (κ2) is 2.02. The summed E-state index contributed by atoms with van der Waals surface area (Å²) in [6.45, 7) is 0. The number of benzene rings is 1.